The highest BCUT2D eigenvalue weighted by atomic mass is 16.3. The number of aromatic nitrogens is 1. The lowest BCUT2D eigenvalue weighted by atomic mass is 10.2. The minimum absolute atomic E-state index is 0.460. The summed E-state index contributed by atoms with van der Waals surface area (Å²) in [5.74, 6) is 1.04. The first-order valence-corrected chi connectivity index (χ1v) is 7.59. The van der Waals surface area contributed by atoms with Gasteiger partial charge in [0.2, 0.25) is 0 Å². The maximum Gasteiger partial charge on any atom is 0.122 e. The summed E-state index contributed by atoms with van der Waals surface area (Å²) in [5.41, 5.74) is 2.55. The first-order valence-electron chi connectivity index (χ1n) is 7.59. The topological polar surface area (TPSA) is 41.3 Å². The summed E-state index contributed by atoms with van der Waals surface area (Å²) < 4.78 is 5.61. The van der Waals surface area contributed by atoms with E-state index in [9.17, 15) is 0 Å². The molecule has 2 aromatic rings. The summed E-state index contributed by atoms with van der Waals surface area (Å²) in [5, 5.41) is 3.41. The van der Waals surface area contributed by atoms with E-state index in [2.05, 4.69) is 54.2 Å². The van der Waals surface area contributed by atoms with E-state index in [1.165, 1.54) is 11.1 Å². The highest BCUT2D eigenvalue weighted by molar-refractivity contribution is 5.17. The van der Waals surface area contributed by atoms with Crippen LogP contribution in [-0.2, 0) is 19.6 Å². The lowest BCUT2D eigenvalue weighted by Crippen LogP contribution is -2.25. The first-order chi connectivity index (χ1) is 10.2. The molecule has 4 nitrogen and oxygen atoms in total. The zero-order chi connectivity index (χ0) is 15.1. The summed E-state index contributed by atoms with van der Waals surface area (Å²) in [4.78, 5) is 6.47. The van der Waals surface area contributed by atoms with Gasteiger partial charge in [0.05, 0.1) is 12.8 Å². The van der Waals surface area contributed by atoms with Crippen LogP contribution in [-0.4, -0.2) is 22.5 Å². The van der Waals surface area contributed by atoms with Gasteiger partial charge in [-0.05, 0) is 30.3 Å². The van der Waals surface area contributed by atoms with Crippen molar-refractivity contribution in [1.82, 2.24) is 15.2 Å². The molecule has 0 radical (unpaired) electrons. The van der Waals surface area contributed by atoms with Gasteiger partial charge in [-0.25, -0.2) is 0 Å². The fourth-order valence-corrected chi connectivity index (χ4v) is 2.23. The lowest BCUT2D eigenvalue weighted by Gasteiger charge is -2.20. The fraction of sp³-hybridized carbons (Fsp3) is 0.471. The van der Waals surface area contributed by atoms with Gasteiger partial charge in [0.1, 0.15) is 5.76 Å². The number of pyridine rings is 1. The van der Waals surface area contributed by atoms with E-state index < -0.39 is 0 Å². The largest absolute Gasteiger partial charge is 0.468 e. The second-order valence-electron chi connectivity index (χ2n) is 5.56. The van der Waals surface area contributed by atoms with Crippen LogP contribution in [0.2, 0.25) is 0 Å². The van der Waals surface area contributed by atoms with Gasteiger partial charge in [-0.2, -0.15) is 0 Å². The van der Waals surface area contributed by atoms with Gasteiger partial charge in [0.15, 0.2) is 0 Å². The first kappa shape index (κ1) is 15.7. The molecule has 0 saturated heterocycles. The Bertz CT molecular complexity index is 522. The van der Waals surface area contributed by atoms with Crippen molar-refractivity contribution in [1.29, 1.82) is 0 Å². The van der Waals surface area contributed by atoms with E-state index in [1.807, 2.05) is 12.4 Å². The van der Waals surface area contributed by atoms with Gasteiger partial charge in [-0.15, -0.1) is 0 Å². The molecule has 0 aliphatic heterocycles. The van der Waals surface area contributed by atoms with Gasteiger partial charge >= 0.3 is 0 Å². The van der Waals surface area contributed by atoms with Crippen molar-refractivity contribution in [3.63, 3.8) is 0 Å². The highest BCUT2D eigenvalue weighted by Crippen LogP contribution is 2.15. The van der Waals surface area contributed by atoms with Gasteiger partial charge in [-0.1, -0.05) is 20.8 Å². The van der Waals surface area contributed by atoms with Crippen LogP contribution >= 0.6 is 0 Å². The SMILES string of the molecule is CCN(Cc1ccncc1)Cc1ccoc1CNC(C)C. The Hall–Kier alpha value is -1.65. The second kappa shape index (κ2) is 7.96. The van der Waals surface area contributed by atoms with Crippen LogP contribution in [0.4, 0.5) is 0 Å². The van der Waals surface area contributed by atoms with Crippen molar-refractivity contribution in [2.24, 2.45) is 0 Å². The minimum Gasteiger partial charge on any atom is -0.468 e. The third kappa shape index (κ3) is 4.99. The van der Waals surface area contributed by atoms with Crippen LogP contribution in [0.3, 0.4) is 0 Å². The van der Waals surface area contributed by atoms with E-state index in [0.717, 1.165) is 31.9 Å². The fourth-order valence-electron chi connectivity index (χ4n) is 2.23. The van der Waals surface area contributed by atoms with E-state index in [4.69, 9.17) is 4.42 Å². The quantitative estimate of drug-likeness (QED) is 0.809. The molecule has 0 aliphatic carbocycles. The molecule has 0 aliphatic rings. The van der Waals surface area contributed by atoms with Crippen LogP contribution in [0, 0.1) is 0 Å². The van der Waals surface area contributed by atoms with Crippen molar-refractivity contribution < 1.29 is 4.42 Å². The van der Waals surface area contributed by atoms with Crippen LogP contribution < -0.4 is 5.32 Å². The molecule has 0 unspecified atom stereocenters. The molecule has 2 rings (SSSR count). The molecule has 0 atom stereocenters. The number of furan rings is 1. The molecule has 0 aromatic carbocycles. The molecular formula is C17H25N3O. The molecule has 0 saturated carbocycles. The Labute approximate surface area is 127 Å². The van der Waals surface area contributed by atoms with E-state index in [1.54, 1.807) is 6.26 Å². The number of rotatable bonds is 8. The average molecular weight is 287 g/mol. The molecule has 0 fully saturated rings. The van der Waals surface area contributed by atoms with Crippen LogP contribution in [0.25, 0.3) is 0 Å². The van der Waals surface area contributed by atoms with Crippen LogP contribution in [0.1, 0.15) is 37.7 Å². The van der Waals surface area contributed by atoms with Gasteiger partial charge in [0, 0.05) is 37.1 Å². The van der Waals surface area contributed by atoms with Crippen molar-refractivity contribution in [2.45, 2.75) is 46.4 Å². The maximum absolute atomic E-state index is 5.61. The van der Waals surface area contributed by atoms with Gasteiger partial charge < -0.3 is 9.73 Å². The molecule has 1 N–H and O–H groups in total. The third-order valence-electron chi connectivity index (χ3n) is 3.51. The molecule has 114 valence electrons. The van der Waals surface area contributed by atoms with E-state index >= 15 is 0 Å². The van der Waals surface area contributed by atoms with E-state index in [-0.39, 0.29) is 0 Å². The summed E-state index contributed by atoms with van der Waals surface area (Å²) in [7, 11) is 0. The molecule has 0 bridgehead atoms. The molecule has 2 aromatic heterocycles. The number of hydrogen-bond donors (Lipinski definition) is 1. The number of hydrogen-bond acceptors (Lipinski definition) is 4. The van der Waals surface area contributed by atoms with Gasteiger partial charge in [-0.3, -0.25) is 9.88 Å². The smallest absolute Gasteiger partial charge is 0.122 e. The highest BCUT2D eigenvalue weighted by Gasteiger charge is 2.11. The zero-order valence-electron chi connectivity index (χ0n) is 13.2. The summed E-state index contributed by atoms with van der Waals surface area (Å²) in [6.07, 6.45) is 5.48. The Morgan fingerprint density at radius 2 is 1.95 bits per heavy atom. The molecule has 0 spiro atoms. The summed E-state index contributed by atoms with van der Waals surface area (Å²) in [6.45, 7) is 10.1. The summed E-state index contributed by atoms with van der Waals surface area (Å²) >= 11 is 0. The maximum atomic E-state index is 5.61. The Balaban J connectivity index is 1.97. The monoisotopic (exact) mass is 287 g/mol. The van der Waals surface area contributed by atoms with Crippen LogP contribution in [0.5, 0.6) is 0 Å². The standard InChI is InChI=1S/C17H25N3O/c1-4-20(12-15-5-8-18-9-6-15)13-16-7-10-21-17(16)11-19-14(2)3/h5-10,14,19H,4,11-13H2,1-3H3. The minimum atomic E-state index is 0.460. The number of nitrogens with zero attached hydrogens (tertiary/aromatic N) is 2. The summed E-state index contributed by atoms with van der Waals surface area (Å²) in [6, 6.07) is 6.67. The molecule has 21 heavy (non-hydrogen) atoms. The van der Waals surface area contributed by atoms with Crippen molar-refractivity contribution in [3.05, 3.63) is 53.7 Å². The van der Waals surface area contributed by atoms with Crippen molar-refractivity contribution in [3.8, 4) is 0 Å². The number of nitrogens with one attached hydrogen (secondary N) is 1. The average Bonchev–Trinajstić information content (AvgIpc) is 2.92. The predicted octanol–water partition coefficient (Wildman–Crippen LogP) is 3.19. The van der Waals surface area contributed by atoms with Crippen molar-refractivity contribution in [2.75, 3.05) is 6.54 Å². The van der Waals surface area contributed by atoms with Crippen LogP contribution in [0.15, 0.2) is 41.3 Å². The zero-order valence-corrected chi connectivity index (χ0v) is 13.2. The predicted molar refractivity (Wildman–Crippen MR) is 84.7 cm³/mol. The lowest BCUT2D eigenvalue weighted by molar-refractivity contribution is 0.268. The van der Waals surface area contributed by atoms with Crippen molar-refractivity contribution >= 4 is 0 Å². The third-order valence-corrected chi connectivity index (χ3v) is 3.51. The second-order valence-corrected chi connectivity index (χ2v) is 5.56. The molecular weight excluding hydrogens is 262 g/mol. The Kier molecular flexibility index (Phi) is 5.96. The molecule has 2 heterocycles. The molecule has 0 amide bonds. The van der Waals surface area contributed by atoms with E-state index in [0.29, 0.717) is 6.04 Å². The Morgan fingerprint density at radius 1 is 1.19 bits per heavy atom. The normalized spacial score (nSPS) is 11.5. The Morgan fingerprint density at radius 3 is 2.62 bits per heavy atom. The van der Waals surface area contributed by atoms with Gasteiger partial charge in [0.25, 0.3) is 0 Å². The molecule has 4 heteroatoms.